The van der Waals surface area contributed by atoms with Gasteiger partial charge in [0.05, 0.1) is 11.4 Å². The van der Waals surface area contributed by atoms with Crippen molar-refractivity contribution in [2.75, 3.05) is 5.73 Å². The highest BCUT2D eigenvalue weighted by Gasteiger charge is 2.14. The smallest absolute Gasteiger partial charge is 0.0625 e. The number of hydrogen-bond donors (Lipinski definition) is 1. The minimum absolute atomic E-state index is 0.475. The van der Waals surface area contributed by atoms with Gasteiger partial charge in [0.15, 0.2) is 0 Å². The zero-order chi connectivity index (χ0) is 15.4. The van der Waals surface area contributed by atoms with Crippen molar-refractivity contribution in [3.8, 4) is 0 Å². The Bertz CT molecular complexity index is 569. The Labute approximate surface area is 127 Å². The summed E-state index contributed by atoms with van der Waals surface area (Å²) in [5.74, 6) is 0. The van der Waals surface area contributed by atoms with Crippen molar-refractivity contribution in [3.63, 3.8) is 0 Å². The molecule has 0 aliphatic carbocycles. The number of aromatic nitrogens is 2. The van der Waals surface area contributed by atoms with Crippen LogP contribution in [0.5, 0.6) is 0 Å². The molecule has 21 heavy (non-hydrogen) atoms. The van der Waals surface area contributed by atoms with Gasteiger partial charge in [-0.1, -0.05) is 19.1 Å². The van der Waals surface area contributed by atoms with Crippen LogP contribution in [-0.4, -0.2) is 20.7 Å². The Hall–Kier alpha value is -1.81. The fourth-order valence-corrected chi connectivity index (χ4v) is 2.38. The van der Waals surface area contributed by atoms with Crippen molar-refractivity contribution in [1.29, 1.82) is 0 Å². The summed E-state index contributed by atoms with van der Waals surface area (Å²) in [5.41, 5.74) is 10.3. The maximum atomic E-state index is 5.75. The van der Waals surface area contributed by atoms with Crippen molar-refractivity contribution >= 4 is 5.69 Å². The van der Waals surface area contributed by atoms with Gasteiger partial charge in [-0.3, -0.25) is 9.58 Å². The van der Waals surface area contributed by atoms with Crippen LogP contribution in [0.15, 0.2) is 30.3 Å². The Kier molecular flexibility index (Phi) is 5.02. The van der Waals surface area contributed by atoms with Gasteiger partial charge in [-0.05, 0) is 44.0 Å². The van der Waals surface area contributed by atoms with Gasteiger partial charge in [-0.25, -0.2) is 0 Å². The maximum Gasteiger partial charge on any atom is 0.0625 e. The van der Waals surface area contributed by atoms with Gasteiger partial charge in [-0.15, -0.1) is 0 Å². The van der Waals surface area contributed by atoms with E-state index in [0.29, 0.717) is 6.04 Å². The standard InChI is InChI=1S/C17H26N4/c1-5-16-10-17(20(4)19-16)12-21(13(2)3)11-14-6-8-15(18)9-7-14/h6-10,13H,5,11-12,18H2,1-4H3. The number of benzene rings is 1. The molecule has 0 fully saturated rings. The average Bonchev–Trinajstić information content (AvgIpc) is 2.81. The number of anilines is 1. The first-order valence-corrected chi connectivity index (χ1v) is 7.59. The molecule has 4 heteroatoms. The Balaban J connectivity index is 2.11. The topological polar surface area (TPSA) is 47.1 Å². The lowest BCUT2D eigenvalue weighted by Gasteiger charge is -2.26. The highest BCUT2D eigenvalue weighted by Crippen LogP contribution is 2.15. The minimum Gasteiger partial charge on any atom is -0.399 e. The van der Waals surface area contributed by atoms with E-state index in [2.05, 4.69) is 49.0 Å². The van der Waals surface area contributed by atoms with Gasteiger partial charge in [0, 0.05) is 31.9 Å². The largest absolute Gasteiger partial charge is 0.399 e. The van der Waals surface area contributed by atoms with E-state index >= 15 is 0 Å². The third-order valence-electron chi connectivity index (χ3n) is 3.85. The van der Waals surface area contributed by atoms with Crippen LogP contribution in [0.2, 0.25) is 0 Å². The lowest BCUT2D eigenvalue weighted by Crippen LogP contribution is -2.30. The van der Waals surface area contributed by atoms with E-state index in [1.54, 1.807) is 0 Å². The van der Waals surface area contributed by atoms with Crippen molar-refractivity contribution in [1.82, 2.24) is 14.7 Å². The van der Waals surface area contributed by atoms with Gasteiger partial charge in [-0.2, -0.15) is 5.10 Å². The lowest BCUT2D eigenvalue weighted by atomic mass is 10.1. The molecular weight excluding hydrogens is 260 g/mol. The first-order chi connectivity index (χ1) is 9.99. The van der Waals surface area contributed by atoms with Crippen LogP contribution in [0, 0.1) is 0 Å². The second-order valence-corrected chi connectivity index (χ2v) is 5.84. The summed E-state index contributed by atoms with van der Waals surface area (Å²) in [6.45, 7) is 8.43. The summed E-state index contributed by atoms with van der Waals surface area (Å²) < 4.78 is 2.00. The molecule has 0 amide bonds. The summed E-state index contributed by atoms with van der Waals surface area (Å²) in [7, 11) is 2.02. The van der Waals surface area contributed by atoms with Crippen LogP contribution in [0.1, 0.15) is 37.7 Å². The molecule has 0 spiro atoms. The summed E-state index contributed by atoms with van der Waals surface area (Å²) in [4.78, 5) is 2.45. The van der Waals surface area contributed by atoms with Crippen LogP contribution in [-0.2, 0) is 26.6 Å². The van der Waals surface area contributed by atoms with Crippen molar-refractivity contribution < 1.29 is 0 Å². The second-order valence-electron chi connectivity index (χ2n) is 5.84. The Morgan fingerprint density at radius 2 is 1.86 bits per heavy atom. The molecule has 2 aromatic rings. The first-order valence-electron chi connectivity index (χ1n) is 7.59. The quantitative estimate of drug-likeness (QED) is 0.830. The Morgan fingerprint density at radius 1 is 1.19 bits per heavy atom. The molecule has 0 saturated heterocycles. The van der Waals surface area contributed by atoms with Gasteiger partial charge < -0.3 is 5.73 Å². The summed E-state index contributed by atoms with van der Waals surface area (Å²) in [5, 5.41) is 4.53. The number of nitrogens with two attached hydrogens (primary N) is 1. The van der Waals surface area contributed by atoms with E-state index in [4.69, 9.17) is 5.73 Å². The molecule has 0 saturated carbocycles. The molecule has 114 valence electrons. The highest BCUT2D eigenvalue weighted by molar-refractivity contribution is 5.39. The predicted octanol–water partition coefficient (Wildman–Crippen LogP) is 2.98. The van der Waals surface area contributed by atoms with Gasteiger partial charge in [0.2, 0.25) is 0 Å². The van der Waals surface area contributed by atoms with Crippen LogP contribution in [0.3, 0.4) is 0 Å². The molecule has 4 nitrogen and oxygen atoms in total. The van der Waals surface area contributed by atoms with E-state index < -0.39 is 0 Å². The summed E-state index contributed by atoms with van der Waals surface area (Å²) in [6.07, 6.45) is 0.980. The predicted molar refractivity (Wildman–Crippen MR) is 87.8 cm³/mol. The molecule has 0 radical (unpaired) electrons. The molecule has 0 atom stereocenters. The fourth-order valence-electron chi connectivity index (χ4n) is 2.38. The number of nitrogens with zero attached hydrogens (tertiary/aromatic N) is 3. The van der Waals surface area contributed by atoms with E-state index in [0.717, 1.165) is 30.9 Å². The molecule has 0 unspecified atom stereocenters. The van der Waals surface area contributed by atoms with Gasteiger partial charge >= 0.3 is 0 Å². The normalized spacial score (nSPS) is 11.5. The molecular formula is C17H26N4. The van der Waals surface area contributed by atoms with Crippen LogP contribution >= 0.6 is 0 Å². The Morgan fingerprint density at radius 3 is 2.38 bits per heavy atom. The third-order valence-corrected chi connectivity index (χ3v) is 3.85. The summed E-state index contributed by atoms with van der Waals surface area (Å²) >= 11 is 0. The molecule has 1 aromatic heterocycles. The summed E-state index contributed by atoms with van der Waals surface area (Å²) in [6, 6.07) is 10.8. The van der Waals surface area contributed by atoms with E-state index in [1.807, 2.05) is 23.9 Å². The highest BCUT2D eigenvalue weighted by atomic mass is 15.3. The number of hydrogen-bond acceptors (Lipinski definition) is 3. The molecule has 0 aliphatic rings. The number of nitrogen functional groups attached to an aromatic ring is 1. The van der Waals surface area contributed by atoms with Crippen molar-refractivity contribution in [2.24, 2.45) is 7.05 Å². The monoisotopic (exact) mass is 286 g/mol. The first kappa shape index (κ1) is 15.6. The number of rotatable bonds is 6. The average molecular weight is 286 g/mol. The van der Waals surface area contributed by atoms with Gasteiger partial charge in [0.1, 0.15) is 0 Å². The molecule has 2 rings (SSSR count). The third kappa shape index (κ3) is 4.08. The molecule has 0 aliphatic heterocycles. The van der Waals surface area contributed by atoms with Crippen LogP contribution in [0.4, 0.5) is 5.69 Å². The molecule has 0 bridgehead atoms. The van der Waals surface area contributed by atoms with Gasteiger partial charge in [0.25, 0.3) is 0 Å². The lowest BCUT2D eigenvalue weighted by molar-refractivity contribution is 0.198. The molecule has 1 aromatic carbocycles. The number of aryl methyl sites for hydroxylation is 2. The van der Waals surface area contributed by atoms with E-state index in [1.165, 1.54) is 11.3 Å². The van der Waals surface area contributed by atoms with Crippen molar-refractivity contribution in [3.05, 3.63) is 47.3 Å². The zero-order valence-electron chi connectivity index (χ0n) is 13.5. The van der Waals surface area contributed by atoms with E-state index in [9.17, 15) is 0 Å². The van der Waals surface area contributed by atoms with E-state index in [-0.39, 0.29) is 0 Å². The zero-order valence-corrected chi connectivity index (χ0v) is 13.5. The van der Waals surface area contributed by atoms with Crippen molar-refractivity contribution in [2.45, 2.75) is 46.3 Å². The maximum absolute atomic E-state index is 5.75. The second kappa shape index (κ2) is 6.76. The molecule has 2 N–H and O–H groups in total. The minimum atomic E-state index is 0.475. The SMILES string of the molecule is CCc1cc(CN(Cc2ccc(N)cc2)C(C)C)n(C)n1. The van der Waals surface area contributed by atoms with Crippen LogP contribution < -0.4 is 5.73 Å². The fraction of sp³-hybridized carbons (Fsp3) is 0.471. The van der Waals surface area contributed by atoms with Crippen LogP contribution in [0.25, 0.3) is 0 Å². The molecule has 1 heterocycles.